The van der Waals surface area contributed by atoms with Crippen LogP contribution in [-0.4, -0.2) is 95.0 Å². The molecule has 2 aromatic rings. The zero-order valence-electron chi connectivity index (χ0n) is 33.7. The number of amides is 3. The molecule has 0 saturated carbocycles. The van der Waals surface area contributed by atoms with Crippen LogP contribution in [0.4, 0.5) is 0 Å². The number of nitrogens with zero attached hydrogens (tertiary/aromatic N) is 3. The van der Waals surface area contributed by atoms with Crippen molar-refractivity contribution in [1.82, 2.24) is 25.4 Å². The van der Waals surface area contributed by atoms with Crippen LogP contribution in [0.25, 0.3) is 0 Å². The van der Waals surface area contributed by atoms with Crippen LogP contribution in [0.5, 0.6) is 0 Å². The predicted octanol–water partition coefficient (Wildman–Crippen LogP) is 6.68. The zero-order chi connectivity index (χ0) is 39.4. The van der Waals surface area contributed by atoms with Gasteiger partial charge in [-0.1, -0.05) is 92.5 Å². The topological polar surface area (TPSA) is 141 Å². The van der Waals surface area contributed by atoms with Crippen LogP contribution >= 0.6 is 11.3 Å². The molecule has 0 aliphatic heterocycles. The summed E-state index contributed by atoms with van der Waals surface area (Å²) in [4.78, 5) is 62.7. The van der Waals surface area contributed by atoms with E-state index in [9.17, 15) is 24.3 Å². The number of carbonyl (C=O) groups excluding carboxylic acids is 3. The minimum absolute atomic E-state index is 0.0697. The summed E-state index contributed by atoms with van der Waals surface area (Å²) >= 11 is 1.36. The number of rotatable bonds is 21. The monoisotopic (exact) mass is 755 g/mol. The van der Waals surface area contributed by atoms with E-state index in [-0.39, 0.29) is 59.3 Å². The Kier molecular flexibility index (Phi) is 17.4. The van der Waals surface area contributed by atoms with E-state index in [1.807, 2.05) is 68.9 Å². The number of carboxylic acids is 1. The Balaban J connectivity index is 1.87. The Hall–Kier alpha value is -3.35. The van der Waals surface area contributed by atoms with Crippen LogP contribution in [0.3, 0.4) is 0 Å². The normalized spacial score (nSPS) is 19.1. The van der Waals surface area contributed by atoms with Crippen molar-refractivity contribution in [2.45, 2.75) is 137 Å². The number of hydrogen-bond donors (Lipinski definition) is 3. The van der Waals surface area contributed by atoms with Gasteiger partial charge >= 0.3 is 5.97 Å². The van der Waals surface area contributed by atoms with Crippen molar-refractivity contribution in [1.29, 1.82) is 0 Å². The number of aromatic nitrogens is 1. The lowest BCUT2D eigenvalue weighted by Crippen LogP contribution is -2.59. The second kappa shape index (κ2) is 20.9. The number of likely N-dealkylation sites (N-methyl/N-ethyl adjacent to an activating group) is 1. The molecule has 3 N–H and O–H groups in total. The van der Waals surface area contributed by atoms with E-state index in [4.69, 9.17) is 9.72 Å². The first-order valence-electron chi connectivity index (χ1n) is 19.6. The van der Waals surface area contributed by atoms with Crippen LogP contribution in [0, 0.1) is 17.8 Å². The van der Waals surface area contributed by atoms with Gasteiger partial charge in [-0.3, -0.25) is 24.1 Å². The van der Waals surface area contributed by atoms with Gasteiger partial charge in [0.25, 0.3) is 5.91 Å². The fourth-order valence-corrected chi connectivity index (χ4v) is 8.31. The van der Waals surface area contributed by atoms with E-state index in [0.717, 1.165) is 36.8 Å². The molecule has 3 amide bonds. The molecule has 0 fully saturated rings. The van der Waals surface area contributed by atoms with Gasteiger partial charge in [-0.05, 0) is 68.7 Å². The van der Waals surface area contributed by atoms with Crippen LogP contribution in [0.2, 0.25) is 0 Å². The largest absolute Gasteiger partial charge is 0.481 e. The summed E-state index contributed by atoms with van der Waals surface area (Å²) in [6.45, 7) is 17.5. The smallest absolute Gasteiger partial charge is 0.311 e. The van der Waals surface area contributed by atoms with Crippen LogP contribution < -0.4 is 10.6 Å². The van der Waals surface area contributed by atoms with Gasteiger partial charge in [0.15, 0.2) is 0 Å². The highest BCUT2D eigenvalue weighted by Gasteiger charge is 2.38. The number of carbonyl (C=O) groups is 4. The summed E-state index contributed by atoms with van der Waals surface area (Å²) < 4.78 is 6.42. The number of thiazole rings is 1. The molecule has 3 rings (SSSR count). The second-order valence-corrected chi connectivity index (χ2v) is 16.3. The molecule has 296 valence electrons. The number of nitrogens with one attached hydrogen (secondary N) is 2. The molecule has 1 aliphatic carbocycles. The average molecular weight is 756 g/mol. The molecule has 1 heterocycles. The number of ether oxygens (including phenoxy) is 1. The number of benzene rings is 1. The van der Waals surface area contributed by atoms with E-state index in [2.05, 4.69) is 45.3 Å². The third-order valence-electron chi connectivity index (χ3n) is 10.8. The van der Waals surface area contributed by atoms with Gasteiger partial charge in [0.1, 0.15) is 22.8 Å². The number of carboxylic acid groups (broad SMARTS) is 1. The van der Waals surface area contributed by atoms with Crippen molar-refractivity contribution in [3.05, 3.63) is 51.5 Å². The molecule has 0 spiro atoms. The van der Waals surface area contributed by atoms with Crippen molar-refractivity contribution in [3.63, 3.8) is 0 Å². The molecule has 0 saturated heterocycles. The highest BCUT2D eigenvalue weighted by molar-refractivity contribution is 7.09. The Morgan fingerprint density at radius 2 is 1.68 bits per heavy atom. The van der Waals surface area contributed by atoms with Crippen molar-refractivity contribution in [2.24, 2.45) is 17.8 Å². The van der Waals surface area contributed by atoms with E-state index in [1.54, 1.807) is 5.38 Å². The highest BCUT2D eigenvalue weighted by Crippen LogP contribution is 2.34. The van der Waals surface area contributed by atoms with Gasteiger partial charge in [-0.25, -0.2) is 4.98 Å². The Labute approximate surface area is 321 Å². The van der Waals surface area contributed by atoms with Crippen LogP contribution in [-0.2, 0) is 25.5 Å². The SMILES string of the molecule is CCCOC(CC(C(C)C)N(CCC)C(=O)C(NC(=O)C(C(C)CC)N(C)C)C(C)CC)c1nc(C(=O)NC2Cc3ccccc3C(C(=O)O)C2)cs1. The van der Waals surface area contributed by atoms with Gasteiger partial charge in [0.2, 0.25) is 11.8 Å². The summed E-state index contributed by atoms with van der Waals surface area (Å²) in [6, 6.07) is 5.92. The molecular formula is C41H65N5O6S. The maximum Gasteiger partial charge on any atom is 0.311 e. The lowest BCUT2D eigenvalue weighted by atomic mass is 9.80. The van der Waals surface area contributed by atoms with Gasteiger partial charge in [0.05, 0.1) is 12.0 Å². The fourth-order valence-electron chi connectivity index (χ4n) is 7.45. The highest BCUT2D eigenvalue weighted by atomic mass is 32.1. The molecule has 0 radical (unpaired) electrons. The number of hydrogen-bond acceptors (Lipinski definition) is 8. The van der Waals surface area contributed by atoms with Crippen molar-refractivity contribution < 1.29 is 29.0 Å². The Morgan fingerprint density at radius 3 is 2.26 bits per heavy atom. The minimum Gasteiger partial charge on any atom is -0.481 e. The van der Waals surface area contributed by atoms with Gasteiger partial charge in [-0.15, -0.1) is 11.3 Å². The maximum absolute atomic E-state index is 14.7. The van der Waals surface area contributed by atoms with E-state index in [0.29, 0.717) is 37.4 Å². The Morgan fingerprint density at radius 1 is 1.00 bits per heavy atom. The molecule has 8 unspecified atom stereocenters. The summed E-state index contributed by atoms with van der Waals surface area (Å²) in [5, 5.41) is 18.5. The van der Waals surface area contributed by atoms with Crippen molar-refractivity contribution in [3.8, 4) is 0 Å². The lowest BCUT2D eigenvalue weighted by molar-refractivity contribution is -0.143. The minimum atomic E-state index is -0.903. The second-order valence-electron chi connectivity index (χ2n) is 15.4. The predicted molar refractivity (Wildman–Crippen MR) is 211 cm³/mol. The van der Waals surface area contributed by atoms with Crippen LogP contribution in [0.15, 0.2) is 29.6 Å². The van der Waals surface area contributed by atoms with Crippen molar-refractivity contribution in [2.75, 3.05) is 27.2 Å². The summed E-state index contributed by atoms with van der Waals surface area (Å²) in [6.07, 6.45) is 3.99. The van der Waals surface area contributed by atoms with E-state index < -0.39 is 24.0 Å². The summed E-state index contributed by atoms with van der Waals surface area (Å²) in [5.74, 6) is -2.04. The maximum atomic E-state index is 14.7. The fraction of sp³-hybridized carbons (Fsp3) is 0.683. The quantitative estimate of drug-likeness (QED) is 0.128. The molecule has 8 atom stereocenters. The molecule has 0 bridgehead atoms. The third kappa shape index (κ3) is 11.6. The zero-order valence-corrected chi connectivity index (χ0v) is 34.5. The lowest BCUT2D eigenvalue weighted by Gasteiger charge is -2.40. The first-order chi connectivity index (χ1) is 25.2. The molecule has 1 aromatic heterocycles. The molecule has 11 nitrogen and oxygen atoms in total. The van der Waals surface area contributed by atoms with Gasteiger partial charge < -0.3 is 25.4 Å². The summed E-state index contributed by atoms with van der Waals surface area (Å²) in [5.41, 5.74) is 1.99. The molecule has 12 heteroatoms. The number of fused-ring (bicyclic) bond motifs is 1. The van der Waals surface area contributed by atoms with Gasteiger partial charge in [-0.2, -0.15) is 0 Å². The Bertz CT molecular complexity index is 1500. The molecule has 1 aliphatic rings. The van der Waals surface area contributed by atoms with Crippen molar-refractivity contribution >= 4 is 35.0 Å². The van der Waals surface area contributed by atoms with Gasteiger partial charge in [0, 0.05) is 37.0 Å². The molecule has 53 heavy (non-hydrogen) atoms. The van der Waals surface area contributed by atoms with E-state index in [1.165, 1.54) is 11.3 Å². The van der Waals surface area contributed by atoms with E-state index >= 15 is 0 Å². The first kappa shape index (κ1) is 44.0. The van der Waals surface area contributed by atoms with Crippen LogP contribution in [0.1, 0.15) is 133 Å². The third-order valence-corrected chi connectivity index (χ3v) is 11.7. The average Bonchev–Trinajstić information content (AvgIpc) is 3.62. The molecule has 1 aromatic carbocycles. The standard InChI is InChI=1S/C41H65N5O6S/c1-11-19-46(40(49)35(26(7)13-3)44-38(48)36(45(9)10)27(8)14-4)33(25(5)6)23-34(52-20-12-2)39-43-32(24-53-39)37(47)42-29-21-28-17-15-16-18-30(28)31(22-29)41(50)51/h15-18,24-27,29,31,33-36H,11-14,19-23H2,1-10H3,(H,42,47)(H,44,48)(H,50,51). The molecular weight excluding hydrogens is 691 g/mol. The number of aliphatic carboxylic acids is 1. The summed E-state index contributed by atoms with van der Waals surface area (Å²) in [7, 11) is 3.81. The first-order valence-corrected chi connectivity index (χ1v) is 20.5.